The largest absolute Gasteiger partial charge is 0.352 e. The second-order valence-corrected chi connectivity index (χ2v) is 9.18. The van der Waals surface area contributed by atoms with Gasteiger partial charge in [-0.1, -0.05) is 48.0 Å². The maximum atomic E-state index is 12.4. The molecule has 1 aromatic rings. The molecule has 1 aliphatic rings. The average Bonchev–Trinajstić information content (AvgIpc) is 2.47. The van der Waals surface area contributed by atoms with Gasteiger partial charge in [-0.15, -0.1) is 0 Å². The number of carbonyl (C=O) groups is 1. The Hall–Kier alpha value is -1.08. The van der Waals surface area contributed by atoms with Crippen LogP contribution in [0.3, 0.4) is 0 Å². The fraction of sp³-hybridized carbons (Fsp3) is 0.588. The normalized spacial score (nSPS) is 16.9. The smallest absolute Gasteiger partial charge is 0.240 e. The van der Waals surface area contributed by atoms with Crippen LogP contribution in [-0.4, -0.2) is 33.2 Å². The second-order valence-electron chi connectivity index (χ2n) is 6.36. The lowest BCUT2D eigenvalue weighted by atomic mass is 9.97. The summed E-state index contributed by atoms with van der Waals surface area (Å²) in [5.74, 6) is -0.242. The van der Waals surface area contributed by atoms with E-state index < -0.39 is 10.0 Å². The second kappa shape index (κ2) is 8.85. The molecule has 1 amide bonds. The third-order valence-corrected chi connectivity index (χ3v) is 5.94. The quantitative estimate of drug-likeness (QED) is 0.798. The lowest BCUT2D eigenvalue weighted by molar-refractivity contribution is -0.120. The first-order valence-electron chi connectivity index (χ1n) is 8.39. The van der Waals surface area contributed by atoms with Crippen molar-refractivity contribution in [3.8, 4) is 0 Å². The Bertz CT molecular complexity index is 638. The Morgan fingerprint density at radius 3 is 2.21 bits per heavy atom. The lowest BCUT2D eigenvalue weighted by Gasteiger charge is -2.25. The van der Waals surface area contributed by atoms with E-state index in [4.69, 9.17) is 0 Å². The first-order chi connectivity index (χ1) is 11.4. The maximum absolute atomic E-state index is 12.4. The van der Waals surface area contributed by atoms with Crippen LogP contribution in [0.5, 0.6) is 0 Å². The molecule has 1 saturated carbocycles. The molecule has 5 nitrogen and oxygen atoms in total. The van der Waals surface area contributed by atoms with E-state index in [-0.39, 0.29) is 18.5 Å². The SMILES string of the molecule is CS(=O)(=O)N(CC(=O)NC1CCCCCCC1)c1ccc(Br)cc1. The Morgan fingerprint density at radius 2 is 1.67 bits per heavy atom. The summed E-state index contributed by atoms with van der Waals surface area (Å²) in [6.07, 6.45) is 9.00. The number of benzene rings is 1. The summed E-state index contributed by atoms with van der Waals surface area (Å²) in [5, 5.41) is 3.02. The molecule has 1 N–H and O–H groups in total. The van der Waals surface area contributed by atoms with Gasteiger partial charge in [0.15, 0.2) is 0 Å². The van der Waals surface area contributed by atoms with Crippen molar-refractivity contribution < 1.29 is 13.2 Å². The van der Waals surface area contributed by atoms with Crippen LogP contribution in [0.25, 0.3) is 0 Å². The summed E-state index contributed by atoms with van der Waals surface area (Å²) in [4.78, 5) is 12.4. The molecular formula is C17H25BrN2O3S. The summed E-state index contributed by atoms with van der Waals surface area (Å²) in [6, 6.07) is 7.06. The van der Waals surface area contributed by atoms with Crippen LogP contribution in [0, 0.1) is 0 Å². The molecule has 0 spiro atoms. The number of anilines is 1. The number of nitrogens with zero attached hydrogens (tertiary/aromatic N) is 1. The molecule has 1 aromatic carbocycles. The molecule has 0 saturated heterocycles. The summed E-state index contributed by atoms with van der Waals surface area (Å²) < 4.78 is 26.2. The molecule has 0 atom stereocenters. The summed E-state index contributed by atoms with van der Waals surface area (Å²) >= 11 is 3.33. The van der Waals surface area contributed by atoms with Crippen LogP contribution < -0.4 is 9.62 Å². The van der Waals surface area contributed by atoms with Gasteiger partial charge < -0.3 is 5.32 Å². The van der Waals surface area contributed by atoms with Crippen molar-refractivity contribution in [1.29, 1.82) is 0 Å². The highest BCUT2D eigenvalue weighted by molar-refractivity contribution is 9.10. The van der Waals surface area contributed by atoms with E-state index in [1.807, 2.05) is 0 Å². The lowest BCUT2D eigenvalue weighted by Crippen LogP contribution is -2.44. The molecule has 0 aliphatic heterocycles. The van der Waals surface area contributed by atoms with Crippen molar-refractivity contribution in [2.24, 2.45) is 0 Å². The number of amides is 1. The van der Waals surface area contributed by atoms with Gasteiger partial charge in [-0.05, 0) is 37.1 Å². The topological polar surface area (TPSA) is 66.5 Å². The number of sulfonamides is 1. The standard InChI is InChI=1S/C17H25BrN2O3S/c1-24(22,23)20(16-11-9-14(18)10-12-16)13-17(21)19-15-7-5-3-2-4-6-8-15/h9-12,15H,2-8,13H2,1H3,(H,19,21). The van der Waals surface area contributed by atoms with E-state index in [2.05, 4.69) is 21.2 Å². The average molecular weight is 417 g/mol. The summed E-state index contributed by atoms with van der Waals surface area (Å²) in [6.45, 7) is -0.184. The van der Waals surface area contributed by atoms with Gasteiger partial charge in [-0.2, -0.15) is 0 Å². The molecule has 134 valence electrons. The first kappa shape index (κ1) is 19.2. The Balaban J connectivity index is 2.03. The van der Waals surface area contributed by atoms with Crippen molar-refractivity contribution in [2.45, 2.75) is 51.0 Å². The van der Waals surface area contributed by atoms with Crippen molar-refractivity contribution in [3.63, 3.8) is 0 Å². The molecule has 7 heteroatoms. The van der Waals surface area contributed by atoms with E-state index in [9.17, 15) is 13.2 Å². The van der Waals surface area contributed by atoms with Crippen LogP contribution in [-0.2, 0) is 14.8 Å². The number of nitrogens with one attached hydrogen (secondary N) is 1. The minimum atomic E-state index is -3.52. The molecule has 1 aliphatic carbocycles. The molecule has 1 fully saturated rings. The zero-order chi connectivity index (χ0) is 17.6. The number of hydrogen-bond acceptors (Lipinski definition) is 3. The van der Waals surface area contributed by atoms with Crippen molar-refractivity contribution in [2.75, 3.05) is 17.1 Å². The van der Waals surface area contributed by atoms with Gasteiger partial charge in [0.25, 0.3) is 0 Å². The molecule has 0 heterocycles. The number of hydrogen-bond donors (Lipinski definition) is 1. The van der Waals surface area contributed by atoms with Gasteiger partial charge in [0.1, 0.15) is 6.54 Å². The van der Waals surface area contributed by atoms with Gasteiger partial charge in [-0.3, -0.25) is 9.10 Å². The number of carbonyl (C=O) groups excluding carboxylic acids is 1. The Kier molecular flexibility index (Phi) is 7.10. The van der Waals surface area contributed by atoms with E-state index >= 15 is 0 Å². The molecular weight excluding hydrogens is 392 g/mol. The number of halogens is 1. The summed E-state index contributed by atoms with van der Waals surface area (Å²) in [7, 11) is -3.52. The van der Waals surface area contributed by atoms with Crippen LogP contribution in [0.4, 0.5) is 5.69 Å². The highest BCUT2D eigenvalue weighted by Gasteiger charge is 2.22. The Labute approximate surface area is 153 Å². The predicted molar refractivity (Wildman–Crippen MR) is 101 cm³/mol. The third-order valence-electron chi connectivity index (χ3n) is 4.27. The predicted octanol–water partition coefficient (Wildman–Crippen LogP) is 3.44. The van der Waals surface area contributed by atoms with Gasteiger partial charge in [0.2, 0.25) is 15.9 Å². The minimum absolute atomic E-state index is 0.157. The fourth-order valence-corrected chi connectivity index (χ4v) is 4.13. The van der Waals surface area contributed by atoms with Crippen molar-refractivity contribution >= 4 is 37.5 Å². The van der Waals surface area contributed by atoms with E-state index in [0.717, 1.165) is 40.7 Å². The minimum Gasteiger partial charge on any atom is -0.352 e. The van der Waals surface area contributed by atoms with E-state index in [1.165, 1.54) is 19.3 Å². The Morgan fingerprint density at radius 1 is 1.12 bits per heavy atom. The third kappa shape index (κ3) is 6.09. The molecule has 24 heavy (non-hydrogen) atoms. The van der Waals surface area contributed by atoms with Crippen LogP contribution in [0.1, 0.15) is 44.9 Å². The molecule has 0 unspecified atom stereocenters. The van der Waals surface area contributed by atoms with E-state index in [0.29, 0.717) is 5.69 Å². The molecule has 2 rings (SSSR count). The first-order valence-corrected chi connectivity index (χ1v) is 11.0. The maximum Gasteiger partial charge on any atom is 0.240 e. The van der Waals surface area contributed by atoms with Gasteiger partial charge >= 0.3 is 0 Å². The fourth-order valence-electron chi connectivity index (χ4n) is 3.01. The van der Waals surface area contributed by atoms with Crippen molar-refractivity contribution in [1.82, 2.24) is 5.32 Å². The van der Waals surface area contributed by atoms with Gasteiger partial charge in [0, 0.05) is 10.5 Å². The number of rotatable bonds is 5. The van der Waals surface area contributed by atoms with Crippen LogP contribution in [0.2, 0.25) is 0 Å². The monoisotopic (exact) mass is 416 g/mol. The van der Waals surface area contributed by atoms with Crippen molar-refractivity contribution in [3.05, 3.63) is 28.7 Å². The highest BCUT2D eigenvalue weighted by Crippen LogP contribution is 2.21. The molecule has 0 aromatic heterocycles. The van der Waals surface area contributed by atoms with Gasteiger partial charge in [0.05, 0.1) is 11.9 Å². The van der Waals surface area contributed by atoms with Crippen LogP contribution >= 0.6 is 15.9 Å². The molecule has 0 bridgehead atoms. The molecule has 0 radical (unpaired) electrons. The van der Waals surface area contributed by atoms with Crippen LogP contribution in [0.15, 0.2) is 28.7 Å². The zero-order valence-electron chi connectivity index (χ0n) is 14.0. The van der Waals surface area contributed by atoms with E-state index in [1.54, 1.807) is 24.3 Å². The van der Waals surface area contributed by atoms with Gasteiger partial charge in [-0.25, -0.2) is 8.42 Å². The highest BCUT2D eigenvalue weighted by atomic mass is 79.9. The zero-order valence-corrected chi connectivity index (χ0v) is 16.4. The summed E-state index contributed by atoms with van der Waals surface area (Å²) in [5.41, 5.74) is 0.494.